The third-order valence-electron chi connectivity index (χ3n) is 5.03. The molecule has 4 rings (SSSR count). The number of aromatic nitrogens is 1. The van der Waals surface area contributed by atoms with Gasteiger partial charge in [-0.15, -0.1) is 0 Å². The molecule has 0 unspecified atom stereocenters. The zero-order chi connectivity index (χ0) is 16.1. The van der Waals surface area contributed by atoms with E-state index >= 15 is 0 Å². The lowest BCUT2D eigenvalue weighted by Crippen LogP contribution is -1.97. The van der Waals surface area contributed by atoms with Crippen LogP contribution in [0, 0.1) is 5.41 Å². The van der Waals surface area contributed by atoms with Gasteiger partial charge < -0.3 is 0 Å². The predicted molar refractivity (Wildman–Crippen MR) is 91.5 cm³/mol. The molecule has 1 aromatic heterocycles. The maximum absolute atomic E-state index is 11.6. The van der Waals surface area contributed by atoms with Gasteiger partial charge in [0.1, 0.15) is 0 Å². The van der Waals surface area contributed by atoms with Crippen molar-refractivity contribution < 1.29 is 8.42 Å². The second-order valence-corrected chi connectivity index (χ2v) is 8.84. The van der Waals surface area contributed by atoms with Crippen molar-refractivity contribution in [2.45, 2.75) is 30.6 Å². The Balaban J connectivity index is 1.78. The summed E-state index contributed by atoms with van der Waals surface area (Å²) in [5, 5.41) is 0. The Morgan fingerprint density at radius 2 is 1.65 bits per heavy atom. The molecule has 118 valence electrons. The van der Waals surface area contributed by atoms with E-state index in [0.717, 1.165) is 24.1 Å². The zero-order valence-corrected chi connectivity index (χ0v) is 13.9. The fourth-order valence-corrected chi connectivity index (χ4v) is 4.15. The number of benzene rings is 1. The number of rotatable bonds is 3. The van der Waals surface area contributed by atoms with Crippen LogP contribution in [-0.2, 0) is 9.84 Å². The van der Waals surface area contributed by atoms with Crippen molar-refractivity contribution in [3.8, 4) is 0 Å². The van der Waals surface area contributed by atoms with E-state index in [1.54, 1.807) is 12.1 Å². The first kappa shape index (κ1) is 14.6. The van der Waals surface area contributed by atoms with Crippen LogP contribution in [0.4, 0.5) is 0 Å². The number of hydrogen-bond acceptors (Lipinski definition) is 3. The summed E-state index contributed by atoms with van der Waals surface area (Å²) in [6.45, 7) is 0. The van der Waals surface area contributed by atoms with Gasteiger partial charge in [0.25, 0.3) is 0 Å². The highest BCUT2D eigenvalue weighted by molar-refractivity contribution is 7.90. The molecule has 0 saturated heterocycles. The van der Waals surface area contributed by atoms with Crippen molar-refractivity contribution in [2.75, 3.05) is 6.26 Å². The average Bonchev–Trinajstić information content (AvgIpc) is 3.18. The van der Waals surface area contributed by atoms with Gasteiger partial charge in [0.15, 0.2) is 9.84 Å². The SMILES string of the molecule is CS(=O)(=O)c1ccc(C2=C(c3ccccn3)CC3(CC3)C2)cc1. The van der Waals surface area contributed by atoms with Gasteiger partial charge in [0, 0.05) is 12.5 Å². The molecule has 1 fully saturated rings. The van der Waals surface area contributed by atoms with Crippen molar-refractivity contribution in [3.63, 3.8) is 0 Å². The fourth-order valence-electron chi connectivity index (χ4n) is 3.52. The summed E-state index contributed by atoms with van der Waals surface area (Å²) in [7, 11) is -3.15. The van der Waals surface area contributed by atoms with Crippen molar-refractivity contribution in [1.82, 2.24) is 4.98 Å². The Bertz CT molecular complexity index is 877. The van der Waals surface area contributed by atoms with Crippen LogP contribution in [0.2, 0.25) is 0 Å². The second-order valence-electron chi connectivity index (χ2n) is 6.82. The monoisotopic (exact) mass is 325 g/mol. The van der Waals surface area contributed by atoms with Crippen LogP contribution in [0.5, 0.6) is 0 Å². The molecular weight excluding hydrogens is 306 g/mol. The highest BCUT2D eigenvalue weighted by atomic mass is 32.2. The van der Waals surface area contributed by atoms with Gasteiger partial charge >= 0.3 is 0 Å². The minimum Gasteiger partial charge on any atom is -0.257 e. The maximum Gasteiger partial charge on any atom is 0.175 e. The first-order valence-electron chi connectivity index (χ1n) is 7.91. The number of allylic oxidation sites excluding steroid dienone is 2. The lowest BCUT2D eigenvalue weighted by molar-refractivity contribution is 0.568. The molecule has 1 spiro atoms. The van der Waals surface area contributed by atoms with Crippen LogP contribution in [0.25, 0.3) is 11.1 Å². The molecule has 23 heavy (non-hydrogen) atoms. The summed E-state index contributed by atoms with van der Waals surface area (Å²) in [5.41, 5.74) is 5.29. The van der Waals surface area contributed by atoms with Gasteiger partial charge in [-0.05, 0) is 72.1 Å². The molecule has 1 saturated carbocycles. The van der Waals surface area contributed by atoms with E-state index in [1.807, 2.05) is 30.5 Å². The number of hydrogen-bond donors (Lipinski definition) is 0. The minimum atomic E-state index is -3.15. The highest BCUT2D eigenvalue weighted by Crippen LogP contribution is 2.63. The summed E-state index contributed by atoms with van der Waals surface area (Å²) in [5.74, 6) is 0. The van der Waals surface area contributed by atoms with Crippen molar-refractivity contribution in [1.29, 1.82) is 0 Å². The molecule has 0 bridgehead atoms. The lowest BCUT2D eigenvalue weighted by Gasteiger charge is -2.08. The van der Waals surface area contributed by atoms with E-state index < -0.39 is 9.84 Å². The Labute approximate surface area is 137 Å². The first-order chi connectivity index (χ1) is 11.0. The van der Waals surface area contributed by atoms with Gasteiger partial charge in [-0.3, -0.25) is 4.98 Å². The standard InChI is InChI=1S/C19H19NO2S/c1-23(21,22)15-7-5-14(6-8-15)16-12-19(9-10-19)13-17(16)18-4-2-3-11-20-18/h2-8,11H,9-10,12-13H2,1H3. The number of pyridine rings is 1. The summed E-state index contributed by atoms with van der Waals surface area (Å²) < 4.78 is 23.3. The molecule has 0 amide bonds. The Kier molecular flexibility index (Phi) is 3.20. The van der Waals surface area contributed by atoms with Crippen molar-refractivity contribution >= 4 is 21.0 Å². The Morgan fingerprint density at radius 3 is 2.22 bits per heavy atom. The first-order valence-corrected chi connectivity index (χ1v) is 9.80. The quantitative estimate of drug-likeness (QED) is 0.858. The van der Waals surface area contributed by atoms with E-state index in [9.17, 15) is 8.42 Å². The second kappa shape index (κ2) is 5.03. The zero-order valence-electron chi connectivity index (χ0n) is 13.1. The maximum atomic E-state index is 11.6. The Hall–Kier alpha value is -1.94. The molecule has 0 aliphatic heterocycles. The van der Waals surface area contributed by atoms with Gasteiger partial charge in [0.05, 0.1) is 10.6 Å². The largest absolute Gasteiger partial charge is 0.257 e. The average molecular weight is 325 g/mol. The van der Waals surface area contributed by atoms with E-state index in [4.69, 9.17) is 0 Å². The molecule has 2 aliphatic carbocycles. The van der Waals surface area contributed by atoms with E-state index in [0.29, 0.717) is 10.3 Å². The molecular formula is C19H19NO2S. The molecule has 0 N–H and O–H groups in total. The minimum absolute atomic E-state index is 0.375. The van der Waals surface area contributed by atoms with Crippen molar-refractivity contribution in [2.24, 2.45) is 5.41 Å². The van der Waals surface area contributed by atoms with Gasteiger partial charge in [-0.2, -0.15) is 0 Å². The smallest absolute Gasteiger partial charge is 0.175 e. The third kappa shape index (κ3) is 2.72. The topological polar surface area (TPSA) is 47.0 Å². The molecule has 0 atom stereocenters. The number of nitrogens with zero attached hydrogens (tertiary/aromatic N) is 1. The molecule has 2 aromatic rings. The molecule has 0 radical (unpaired) electrons. The third-order valence-corrected chi connectivity index (χ3v) is 6.16. The summed E-state index contributed by atoms with van der Waals surface area (Å²) in [6.07, 6.45) is 7.83. The van der Waals surface area contributed by atoms with E-state index in [2.05, 4.69) is 11.1 Å². The van der Waals surface area contributed by atoms with Crippen LogP contribution in [0.1, 0.15) is 36.9 Å². The van der Waals surface area contributed by atoms with Crippen LogP contribution >= 0.6 is 0 Å². The summed E-state index contributed by atoms with van der Waals surface area (Å²) in [6, 6.07) is 13.3. The lowest BCUT2D eigenvalue weighted by atomic mass is 9.99. The number of sulfone groups is 1. The normalized spacial score (nSPS) is 19.3. The highest BCUT2D eigenvalue weighted by Gasteiger charge is 2.48. The van der Waals surface area contributed by atoms with Gasteiger partial charge in [-0.1, -0.05) is 18.2 Å². The summed E-state index contributed by atoms with van der Waals surface area (Å²) in [4.78, 5) is 4.91. The van der Waals surface area contributed by atoms with Gasteiger partial charge in [-0.25, -0.2) is 8.42 Å². The van der Waals surface area contributed by atoms with Crippen LogP contribution in [0.3, 0.4) is 0 Å². The fraction of sp³-hybridized carbons (Fsp3) is 0.316. The predicted octanol–water partition coefficient (Wildman–Crippen LogP) is 3.97. The van der Waals surface area contributed by atoms with Crippen molar-refractivity contribution in [3.05, 3.63) is 59.9 Å². The molecule has 2 aliphatic rings. The molecule has 1 aromatic carbocycles. The van der Waals surface area contributed by atoms with Crippen LogP contribution in [0.15, 0.2) is 53.6 Å². The Morgan fingerprint density at radius 1 is 0.957 bits per heavy atom. The van der Waals surface area contributed by atoms with E-state index in [1.165, 1.54) is 30.2 Å². The van der Waals surface area contributed by atoms with Crippen LogP contribution in [-0.4, -0.2) is 19.7 Å². The molecule has 3 nitrogen and oxygen atoms in total. The van der Waals surface area contributed by atoms with Gasteiger partial charge in [0.2, 0.25) is 0 Å². The van der Waals surface area contributed by atoms with Crippen LogP contribution < -0.4 is 0 Å². The summed E-state index contributed by atoms with van der Waals surface area (Å²) >= 11 is 0. The molecule has 4 heteroatoms. The van der Waals surface area contributed by atoms with E-state index in [-0.39, 0.29) is 0 Å². The molecule has 1 heterocycles.